The molecule has 0 saturated heterocycles. The van der Waals surface area contributed by atoms with Gasteiger partial charge in [0.15, 0.2) is 9.84 Å². The van der Waals surface area contributed by atoms with E-state index >= 15 is 0 Å². The van der Waals surface area contributed by atoms with Crippen molar-refractivity contribution in [3.8, 4) is 11.1 Å². The van der Waals surface area contributed by atoms with Crippen molar-refractivity contribution in [2.45, 2.75) is 11.1 Å². The summed E-state index contributed by atoms with van der Waals surface area (Å²) in [4.78, 5) is 0.0970. The summed E-state index contributed by atoms with van der Waals surface area (Å²) in [5.74, 6) is 0. The van der Waals surface area contributed by atoms with Crippen LogP contribution in [-0.4, -0.2) is 14.7 Å². The van der Waals surface area contributed by atoms with E-state index in [1.54, 1.807) is 18.2 Å². The van der Waals surface area contributed by atoms with Crippen LogP contribution >= 0.6 is 0 Å². The van der Waals surface area contributed by atoms with Gasteiger partial charge < -0.3 is 0 Å². The van der Waals surface area contributed by atoms with E-state index in [-0.39, 0.29) is 4.90 Å². The van der Waals surface area contributed by atoms with Crippen molar-refractivity contribution in [2.75, 3.05) is 6.26 Å². The summed E-state index contributed by atoms with van der Waals surface area (Å²) in [6.45, 7) is 0. The van der Waals surface area contributed by atoms with Gasteiger partial charge in [-0.1, -0.05) is 30.3 Å². The van der Waals surface area contributed by atoms with Crippen LogP contribution in [0.5, 0.6) is 0 Å². The molecular formula is C14H11F3O2S. The van der Waals surface area contributed by atoms with Crippen LogP contribution in [0.2, 0.25) is 0 Å². The van der Waals surface area contributed by atoms with Crippen molar-refractivity contribution >= 4 is 9.84 Å². The lowest BCUT2D eigenvalue weighted by Gasteiger charge is -2.10. The quantitative estimate of drug-likeness (QED) is 0.846. The Hall–Kier alpha value is -1.82. The van der Waals surface area contributed by atoms with Crippen molar-refractivity contribution in [3.63, 3.8) is 0 Å². The molecule has 0 bridgehead atoms. The second-order valence-corrected chi connectivity index (χ2v) is 6.33. The zero-order valence-electron chi connectivity index (χ0n) is 10.5. The second kappa shape index (κ2) is 4.94. The zero-order valence-corrected chi connectivity index (χ0v) is 11.3. The summed E-state index contributed by atoms with van der Waals surface area (Å²) in [5.41, 5.74) is 0.0563. The fourth-order valence-corrected chi connectivity index (χ4v) is 2.78. The Morgan fingerprint density at radius 1 is 0.900 bits per heavy atom. The summed E-state index contributed by atoms with van der Waals surface area (Å²) < 4.78 is 60.8. The van der Waals surface area contributed by atoms with Crippen LogP contribution in [0.1, 0.15) is 5.56 Å². The average Bonchev–Trinajstić information content (AvgIpc) is 2.37. The molecule has 0 aliphatic rings. The number of halogens is 3. The SMILES string of the molecule is CS(=O)(=O)c1ccccc1-c1ccc(C(F)(F)F)cc1. The van der Waals surface area contributed by atoms with Crippen LogP contribution in [-0.2, 0) is 16.0 Å². The predicted octanol–water partition coefficient (Wildman–Crippen LogP) is 3.78. The summed E-state index contributed by atoms with van der Waals surface area (Å²) in [6, 6.07) is 10.6. The molecule has 0 amide bonds. The largest absolute Gasteiger partial charge is 0.416 e. The maximum atomic E-state index is 12.5. The highest BCUT2D eigenvalue weighted by Crippen LogP contribution is 2.32. The van der Waals surface area contributed by atoms with Crippen molar-refractivity contribution < 1.29 is 21.6 Å². The Balaban J connectivity index is 2.54. The van der Waals surface area contributed by atoms with Gasteiger partial charge in [-0.3, -0.25) is 0 Å². The van der Waals surface area contributed by atoms with Crippen molar-refractivity contribution in [1.82, 2.24) is 0 Å². The molecule has 0 radical (unpaired) electrons. The molecule has 106 valence electrons. The first kappa shape index (κ1) is 14.6. The lowest BCUT2D eigenvalue weighted by Crippen LogP contribution is -2.04. The predicted molar refractivity (Wildman–Crippen MR) is 70.0 cm³/mol. The van der Waals surface area contributed by atoms with Crippen LogP contribution < -0.4 is 0 Å². The number of alkyl halides is 3. The monoisotopic (exact) mass is 300 g/mol. The molecule has 0 saturated carbocycles. The molecule has 2 aromatic carbocycles. The number of rotatable bonds is 2. The third kappa shape index (κ3) is 3.01. The number of hydrogen-bond acceptors (Lipinski definition) is 2. The van der Waals surface area contributed by atoms with Gasteiger partial charge in [-0.15, -0.1) is 0 Å². The zero-order chi connectivity index (χ0) is 15.0. The summed E-state index contributed by atoms with van der Waals surface area (Å²) in [6.07, 6.45) is -3.34. The van der Waals surface area contributed by atoms with Gasteiger partial charge in [0.1, 0.15) is 0 Å². The Morgan fingerprint density at radius 2 is 1.45 bits per heavy atom. The van der Waals surface area contributed by atoms with E-state index < -0.39 is 21.6 Å². The van der Waals surface area contributed by atoms with E-state index in [9.17, 15) is 21.6 Å². The van der Waals surface area contributed by atoms with Gasteiger partial charge in [0.05, 0.1) is 10.5 Å². The van der Waals surface area contributed by atoms with Crippen molar-refractivity contribution in [3.05, 3.63) is 54.1 Å². The Labute approximate surface area is 114 Å². The third-order valence-electron chi connectivity index (χ3n) is 2.81. The van der Waals surface area contributed by atoms with E-state index in [4.69, 9.17) is 0 Å². The molecule has 0 heterocycles. The highest BCUT2D eigenvalue weighted by atomic mass is 32.2. The maximum absolute atomic E-state index is 12.5. The molecule has 2 aromatic rings. The molecule has 0 aromatic heterocycles. The third-order valence-corrected chi connectivity index (χ3v) is 3.96. The van der Waals surface area contributed by atoms with Crippen LogP contribution in [0, 0.1) is 0 Å². The molecular weight excluding hydrogens is 289 g/mol. The van der Waals surface area contributed by atoms with E-state index in [1.165, 1.54) is 18.2 Å². The standard InChI is InChI=1S/C14H11F3O2S/c1-20(18,19)13-5-3-2-4-12(13)10-6-8-11(9-7-10)14(15,16)17/h2-9H,1H3. The fourth-order valence-electron chi connectivity index (χ4n) is 1.87. The minimum absolute atomic E-state index is 0.0970. The summed E-state index contributed by atoms with van der Waals surface area (Å²) >= 11 is 0. The first-order valence-electron chi connectivity index (χ1n) is 5.66. The minimum atomic E-state index is -4.41. The molecule has 0 spiro atoms. The molecule has 0 unspecified atom stereocenters. The average molecular weight is 300 g/mol. The molecule has 2 nitrogen and oxygen atoms in total. The van der Waals surface area contributed by atoms with Crippen LogP contribution in [0.15, 0.2) is 53.4 Å². The first-order chi connectivity index (χ1) is 9.19. The van der Waals surface area contributed by atoms with Gasteiger partial charge >= 0.3 is 6.18 Å². The molecule has 0 aliphatic heterocycles. The number of hydrogen-bond donors (Lipinski definition) is 0. The molecule has 0 atom stereocenters. The molecule has 0 fully saturated rings. The molecule has 6 heteroatoms. The van der Waals surface area contributed by atoms with Gasteiger partial charge in [-0.25, -0.2) is 8.42 Å². The maximum Gasteiger partial charge on any atom is 0.416 e. The minimum Gasteiger partial charge on any atom is -0.224 e. The smallest absolute Gasteiger partial charge is 0.224 e. The first-order valence-corrected chi connectivity index (χ1v) is 7.55. The van der Waals surface area contributed by atoms with Gasteiger partial charge in [0.2, 0.25) is 0 Å². The second-order valence-electron chi connectivity index (χ2n) is 4.34. The van der Waals surface area contributed by atoms with Crippen molar-refractivity contribution in [1.29, 1.82) is 0 Å². The van der Waals surface area contributed by atoms with E-state index in [0.717, 1.165) is 18.4 Å². The number of benzene rings is 2. The van der Waals surface area contributed by atoms with Gasteiger partial charge in [0.25, 0.3) is 0 Å². The van der Waals surface area contributed by atoms with Crippen LogP contribution in [0.3, 0.4) is 0 Å². The van der Waals surface area contributed by atoms with Crippen molar-refractivity contribution in [2.24, 2.45) is 0 Å². The van der Waals surface area contributed by atoms with Gasteiger partial charge in [0, 0.05) is 11.8 Å². The molecule has 0 N–H and O–H groups in total. The topological polar surface area (TPSA) is 34.1 Å². The fraction of sp³-hybridized carbons (Fsp3) is 0.143. The summed E-state index contributed by atoms with van der Waals surface area (Å²) in [7, 11) is -3.44. The highest BCUT2D eigenvalue weighted by Gasteiger charge is 2.30. The van der Waals surface area contributed by atoms with E-state index in [1.807, 2.05) is 0 Å². The van der Waals surface area contributed by atoms with Gasteiger partial charge in [-0.05, 0) is 23.8 Å². The van der Waals surface area contributed by atoms with E-state index in [0.29, 0.717) is 11.1 Å². The Kier molecular flexibility index (Phi) is 3.60. The lowest BCUT2D eigenvalue weighted by atomic mass is 10.0. The van der Waals surface area contributed by atoms with Gasteiger partial charge in [-0.2, -0.15) is 13.2 Å². The normalized spacial score (nSPS) is 12.4. The summed E-state index contributed by atoms with van der Waals surface area (Å²) in [5, 5.41) is 0. The van der Waals surface area contributed by atoms with Crippen LogP contribution in [0.25, 0.3) is 11.1 Å². The molecule has 2 rings (SSSR count). The Bertz CT molecular complexity index is 717. The molecule has 20 heavy (non-hydrogen) atoms. The Morgan fingerprint density at radius 3 is 1.95 bits per heavy atom. The highest BCUT2D eigenvalue weighted by molar-refractivity contribution is 7.90. The van der Waals surface area contributed by atoms with E-state index in [2.05, 4.69) is 0 Å². The lowest BCUT2D eigenvalue weighted by molar-refractivity contribution is -0.137. The molecule has 0 aliphatic carbocycles. The van der Waals surface area contributed by atoms with Crippen LogP contribution in [0.4, 0.5) is 13.2 Å². The number of sulfone groups is 1.